The maximum Gasteiger partial charge on any atom is 0.0166 e. The zero-order chi connectivity index (χ0) is 9.56. The van der Waals surface area contributed by atoms with Gasteiger partial charge in [0.2, 0.25) is 0 Å². The second-order valence-electron chi connectivity index (χ2n) is 3.91. The quantitative estimate of drug-likeness (QED) is 0.636. The molecule has 0 aromatic rings. The number of rotatable bonds is 6. The minimum atomic E-state index is 0.572. The highest BCUT2D eigenvalue weighted by Gasteiger charge is 2.09. The molecular weight excluding hydrogens is 148 g/mol. The molecule has 2 heteroatoms. The molecule has 0 saturated carbocycles. The molecule has 0 saturated heterocycles. The molecule has 0 rings (SSSR count). The van der Waals surface area contributed by atoms with Crippen molar-refractivity contribution in [2.24, 2.45) is 5.92 Å². The van der Waals surface area contributed by atoms with Crippen molar-refractivity contribution in [2.75, 3.05) is 13.1 Å². The third kappa shape index (κ3) is 5.56. The first-order chi connectivity index (χ1) is 5.57. The third-order valence-corrected chi connectivity index (χ3v) is 2.25. The fraction of sp³-hybridized carbons (Fsp3) is 1.00. The highest BCUT2D eigenvalue weighted by atomic mass is 15.0. The van der Waals surface area contributed by atoms with E-state index in [0.717, 1.165) is 13.1 Å². The van der Waals surface area contributed by atoms with Gasteiger partial charge in [-0.3, -0.25) is 0 Å². The van der Waals surface area contributed by atoms with E-state index in [1.54, 1.807) is 0 Å². The van der Waals surface area contributed by atoms with Crippen LogP contribution in [-0.2, 0) is 0 Å². The zero-order valence-electron chi connectivity index (χ0n) is 9.15. The first-order valence-corrected chi connectivity index (χ1v) is 5.04. The predicted molar refractivity (Wildman–Crippen MR) is 55.4 cm³/mol. The predicted octanol–water partition coefficient (Wildman–Crippen LogP) is 1.62. The summed E-state index contributed by atoms with van der Waals surface area (Å²) in [7, 11) is 0. The lowest BCUT2D eigenvalue weighted by molar-refractivity contribution is 0.375. The van der Waals surface area contributed by atoms with Gasteiger partial charge in [0.15, 0.2) is 0 Å². The molecule has 74 valence electrons. The molecule has 0 aromatic heterocycles. The summed E-state index contributed by atoms with van der Waals surface area (Å²) in [5.41, 5.74) is 0. The average Bonchev–Trinajstić information content (AvgIpc) is 2.00. The molecule has 0 radical (unpaired) electrons. The molecule has 0 heterocycles. The Bertz CT molecular complexity index is 102. The Balaban J connectivity index is 3.47. The summed E-state index contributed by atoms with van der Waals surface area (Å²) < 4.78 is 0. The van der Waals surface area contributed by atoms with Crippen molar-refractivity contribution in [3.8, 4) is 0 Å². The van der Waals surface area contributed by atoms with E-state index in [1.807, 2.05) is 0 Å². The van der Waals surface area contributed by atoms with E-state index in [0.29, 0.717) is 18.0 Å². The van der Waals surface area contributed by atoms with E-state index in [4.69, 9.17) is 0 Å². The lowest BCUT2D eigenvalue weighted by Crippen LogP contribution is -2.43. The average molecular weight is 172 g/mol. The maximum atomic E-state index is 3.55. The van der Waals surface area contributed by atoms with Gasteiger partial charge >= 0.3 is 0 Å². The summed E-state index contributed by atoms with van der Waals surface area (Å²) >= 11 is 0. The summed E-state index contributed by atoms with van der Waals surface area (Å²) in [6.07, 6.45) is 0. The molecule has 0 aliphatic rings. The van der Waals surface area contributed by atoms with Crippen LogP contribution >= 0.6 is 0 Å². The Morgan fingerprint density at radius 1 is 1.08 bits per heavy atom. The Hall–Kier alpha value is -0.0800. The van der Waals surface area contributed by atoms with Crippen LogP contribution in [-0.4, -0.2) is 25.2 Å². The van der Waals surface area contributed by atoms with Crippen molar-refractivity contribution in [1.29, 1.82) is 0 Å². The van der Waals surface area contributed by atoms with E-state index in [2.05, 4.69) is 45.3 Å². The van der Waals surface area contributed by atoms with Crippen LogP contribution in [0.5, 0.6) is 0 Å². The summed E-state index contributed by atoms with van der Waals surface area (Å²) in [5, 5.41) is 6.88. The molecule has 2 N–H and O–H groups in total. The van der Waals surface area contributed by atoms with Crippen molar-refractivity contribution in [1.82, 2.24) is 10.6 Å². The van der Waals surface area contributed by atoms with Gasteiger partial charge in [0.1, 0.15) is 0 Å². The Labute approximate surface area is 77.1 Å². The fourth-order valence-corrected chi connectivity index (χ4v) is 1.06. The molecule has 2 atom stereocenters. The van der Waals surface area contributed by atoms with Crippen molar-refractivity contribution < 1.29 is 0 Å². The van der Waals surface area contributed by atoms with E-state index < -0.39 is 0 Å². The smallest absolute Gasteiger partial charge is 0.0166 e. The van der Waals surface area contributed by atoms with Gasteiger partial charge in [0, 0.05) is 18.6 Å². The number of nitrogens with one attached hydrogen (secondary N) is 2. The first-order valence-electron chi connectivity index (χ1n) is 5.04. The van der Waals surface area contributed by atoms with Crippen LogP contribution in [0.3, 0.4) is 0 Å². The minimum absolute atomic E-state index is 0.572. The normalized spacial score (nSPS) is 16.5. The second kappa shape index (κ2) is 6.44. The highest BCUT2D eigenvalue weighted by molar-refractivity contribution is 4.71. The summed E-state index contributed by atoms with van der Waals surface area (Å²) in [4.78, 5) is 0. The molecule has 0 spiro atoms. The van der Waals surface area contributed by atoms with E-state index in [1.165, 1.54) is 0 Å². The van der Waals surface area contributed by atoms with Gasteiger partial charge in [0.25, 0.3) is 0 Å². The van der Waals surface area contributed by atoms with Crippen molar-refractivity contribution in [2.45, 2.75) is 46.7 Å². The van der Waals surface area contributed by atoms with E-state index >= 15 is 0 Å². The topological polar surface area (TPSA) is 24.1 Å². The lowest BCUT2D eigenvalue weighted by atomic mass is 10.1. The largest absolute Gasteiger partial charge is 0.315 e. The Kier molecular flexibility index (Phi) is 6.39. The molecule has 2 nitrogen and oxygen atoms in total. The van der Waals surface area contributed by atoms with Crippen LogP contribution in [0.2, 0.25) is 0 Å². The van der Waals surface area contributed by atoms with Crippen LogP contribution in [0.4, 0.5) is 0 Å². The number of hydrogen-bond donors (Lipinski definition) is 2. The van der Waals surface area contributed by atoms with Gasteiger partial charge < -0.3 is 10.6 Å². The fourth-order valence-electron chi connectivity index (χ4n) is 1.06. The van der Waals surface area contributed by atoms with E-state index in [9.17, 15) is 0 Å². The third-order valence-electron chi connectivity index (χ3n) is 2.25. The van der Waals surface area contributed by atoms with Gasteiger partial charge in [-0.2, -0.15) is 0 Å². The van der Waals surface area contributed by atoms with Crippen molar-refractivity contribution >= 4 is 0 Å². The first kappa shape index (κ1) is 11.9. The second-order valence-corrected chi connectivity index (χ2v) is 3.91. The molecular formula is C10H24N2. The van der Waals surface area contributed by atoms with Crippen molar-refractivity contribution in [3.63, 3.8) is 0 Å². The maximum absolute atomic E-state index is 3.55. The Morgan fingerprint density at radius 2 is 1.67 bits per heavy atom. The highest BCUT2D eigenvalue weighted by Crippen LogP contribution is 2.00. The van der Waals surface area contributed by atoms with Gasteiger partial charge in [-0.1, -0.05) is 20.8 Å². The lowest BCUT2D eigenvalue weighted by Gasteiger charge is -2.22. The SMILES string of the molecule is CCNCC(C)NC(C)C(C)C. The summed E-state index contributed by atoms with van der Waals surface area (Å²) in [6.45, 7) is 13.2. The van der Waals surface area contributed by atoms with Crippen LogP contribution in [0.25, 0.3) is 0 Å². The van der Waals surface area contributed by atoms with Crippen LogP contribution in [0, 0.1) is 5.92 Å². The molecule has 12 heavy (non-hydrogen) atoms. The van der Waals surface area contributed by atoms with E-state index in [-0.39, 0.29) is 0 Å². The molecule has 0 aliphatic heterocycles. The number of likely N-dealkylation sites (N-methyl/N-ethyl adjacent to an activating group) is 1. The van der Waals surface area contributed by atoms with Gasteiger partial charge in [-0.25, -0.2) is 0 Å². The molecule has 0 aromatic carbocycles. The van der Waals surface area contributed by atoms with Crippen LogP contribution in [0.1, 0.15) is 34.6 Å². The summed E-state index contributed by atoms with van der Waals surface area (Å²) in [5.74, 6) is 0.717. The molecule has 2 unspecified atom stereocenters. The van der Waals surface area contributed by atoms with Gasteiger partial charge in [-0.05, 0) is 26.3 Å². The van der Waals surface area contributed by atoms with Crippen molar-refractivity contribution in [3.05, 3.63) is 0 Å². The molecule has 0 aliphatic carbocycles. The zero-order valence-corrected chi connectivity index (χ0v) is 9.15. The molecule has 0 amide bonds. The Morgan fingerprint density at radius 3 is 2.08 bits per heavy atom. The molecule has 0 fully saturated rings. The summed E-state index contributed by atoms with van der Waals surface area (Å²) in [6, 6.07) is 1.18. The van der Waals surface area contributed by atoms with Gasteiger partial charge in [0.05, 0.1) is 0 Å². The number of hydrogen-bond acceptors (Lipinski definition) is 2. The monoisotopic (exact) mass is 172 g/mol. The van der Waals surface area contributed by atoms with Crippen LogP contribution in [0.15, 0.2) is 0 Å². The minimum Gasteiger partial charge on any atom is -0.315 e. The van der Waals surface area contributed by atoms with Crippen LogP contribution < -0.4 is 10.6 Å². The standard InChI is InChI=1S/C10H24N2/c1-6-11-7-9(4)12-10(5)8(2)3/h8-12H,6-7H2,1-5H3. The van der Waals surface area contributed by atoms with Gasteiger partial charge in [-0.15, -0.1) is 0 Å². The molecule has 0 bridgehead atoms.